The molecule has 0 unspecified atom stereocenters. The van der Waals surface area contributed by atoms with Crippen molar-refractivity contribution in [2.24, 2.45) is 0 Å². The average molecular weight is 458 g/mol. The Balaban J connectivity index is 1.99. The molecule has 1 amide bonds. The first-order chi connectivity index (χ1) is 12.1. The second-order valence-corrected chi connectivity index (χ2v) is 6.05. The second-order valence-electron chi connectivity index (χ2n) is 4.80. The smallest absolute Gasteiger partial charge is 0.312 e. The van der Waals surface area contributed by atoms with Crippen LogP contribution in [0.4, 0.5) is 15.8 Å². The molecule has 2 aromatic heterocycles. The Morgan fingerprint density at radius 3 is 3.00 bits per heavy atom. The summed E-state index contributed by atoms with van der Waals surface area (Å²) < 4.78 is 20.4. The van der Waals surface area contributed by atoms with Crippen molar-refractivity contribution in [3.05, 3.63) is 45.6 Å². The number of rotatable bonds is 6. The molecular formula is C15H12FIN4O4. The highest BCUT2D eigenvalue weighted by molar-refractivity contribution is 14.1. The van der Waals surface area contributed by atoms with E-state index in [9.17, 15) is 9.18 Å². The average Bonchev–Trinajstić information content (AvgIpc) is 2.96. The van der Waals surface area contributed by atoms with Gasteiger partial charge in [0.2, 0.25) is 5.76 Å². The molecule has 0 spiro atoms. The van der Waals surface area contributed by atoms with Gasteiger partial charge in [0.1, 0.15) is 11.5 Å². The number of hydroxylamine groups is 1. The van der Waals surface area contributed by atoms with E-state index in [0.717, 1.165) is 3.57 Å². The number of aliphatic hydroxyl groups excluding tert-OH is 1. The summed E-state index contributed by atoms with van der Waals surface area (Å²) >= 11 is 1.99. The minimum Gasteiger partial charge on any atom is -0.447 e. The fourth-order valence-corrected chi connectivity index (χ4v) is 2.51. The minimum atomic E-state index is -0.708. The van der Waals surface area contributed by atoms with Gasteiger partial charge >= 0.3 is 5.91 Å². The molecule has 1 aromatic carbocycles. The number of carbonyl (C=O) groups excluding carboxylic acids is 1. The van der Waals surface area contributed by atoms with E-state index in [1.165, 1.54) is 24.4 Å². The van der Waals surface area contributed by atoms with Gasteiger partial charge in [-0.2, -0.15) is 5.10 Å². The van der Waals surface area contributed by atoms with Crippen LogP contribution in [0.2, 0.25) is 0 Å². The van der Waals surface area contributed by atoms with E-state index >= 15 is 0 Å². The van der Waals surface area contributed by atoms with Crippen LogP contribution >= 0.6 is 22.6 Å². The number of aliphatic hydroxyl groups is 1. The normalized spacial score (nSPS) is 10.8. The predicted octanol–water partition coefficient (Wildman–Crippen LogP) is 2.36. The summed E-state index contributed by atoms with van der Waals surface area (Å²) in [6.45, 7) is -0.342. The topological polar surface area (TPSA) is 110 Å². The molecule has 2 heterocycles. The number of nitrogens with zero attached hydrogens (tertiary/aromatic N) is 2. The summed E-state index contributed by atoms with van der Waals surface area (Å²) in [6.07, 6.45) is 1.41. The van der Waals surface area contributed by atoms with E-state index < -0.39 is 11.7 Å². The summed E-state index contributed by atoms with van der Waals surface area (Å²) in [5.74, 6) is -1.35. The lowest BCUT2D eigenvalue weighted by molar-refractivity contribution is 0.0152. The minimum absolute atomic E-state index is 0.0830. The van der Waals surface area contributed by atoms with Crippen LogP contribution in [0.25, 0.3) is 11.1 Å². The standard InChI is InChI=1S/C15H12FIN4O4/c16-9-7-8(17)1-2-10(9)19-13-12-11(3-4-18-20-12)25-14(13)15(23)21-24-6-5-22/h1-4,7,19,22H,5-6H2,(H,21,23). The van der Waals surface area contributed by atoms with Gasteiger partial charge in [-0.25, -0.2) is 9.87 Å². The van der Waals surface area contributed by atoms with Crippen molar-refractivity contribution in [1.29, 1.82) is 0 Å². The van der Waals surface area contributed by atoms with Crippen LogP contribution in [0, 0.1) is 9.39 Å². The maximum Gasteiger partial charge on any atom is 0.312 e. The molecule has 0 saturated carbocycles. The van der Waals surface area contributed by atoms with E-state index in [0.29, 0.717) is 5.58 Å². The van der Waals surface area contributed by atoms with Crippen molar-refractivity contribution in [2.45, 2.75) is 0 Å². The van der Waals surface area contributed by atoms with Gasteiger partial charge in [0.05, 0.1) is 25.1 Å². The van der Waals surface area contributed by atoms with Crippen molar-refractivity contribution in [2.75, 3.05) is 18.5 Å². The number of fused-ring (bicyclic) bond motifs is 1. The number of hydrogen-bond donors (Lipinski definition) is 3. The molecule has 130 valence electrons. The summed E-state index contributed by atoms with van der Waals surface area (Å²) in [6, 6.07) is 6.13. The Morgan fingerprint density at radius 2 is 2.24 bits per heavy atom. The molecule has 0 fully saturated rings. The number of aromatic nitrogens is 2. The number of benzene rings is 1. The van der Waals surface area contributed by atoms with Gasteiger partial charge in [-0.15, -0.1) is 5.10 Å². The third kappa shape index (κ3) is 3.86. The van der Waals surface area contributed by atoms with Gasteiger partial charge in [-0.05, 0) is 40.8 Å². The van der Waals surface area contributed by atoms with Gasteiger partial charge in [-0.3, -0.25) is 9.63 Å². The Labute approximate surface area is 154 Å². The second kappa shape index (κ2) is 7.72. The Bertz CT molecular complexity index is 918. The van der Waals surface area contributed by atoms with Crippen LogP contribution in [0.1, 0.15) is 10.6 Å². The third-order valence-corrected chi connectivity index (χ3v) is 3.79. The van der Waals surface area contributed by atoms with E-state index in [4.69, 9.17) is 14.4 Å². The molecular weight excluding hydrogens is 446 g/mol. The van der Waals surface area contributed by atoms with Crippen LogP contribution < -0.4 is 10.8 Å². The predicted molar refractivity (Wildman–Crippen MR) is 94.7 cm³/mol. The molecule has 25 heavy (non-hydrogen) atoms. The lowest BCUT2D eigenvalue weighted by Gasteiger charge is -2.08. The zero-order valence-electron chi connectivity index (χ0n) is 12.6. The monoisotopic (exact) mass is 458 g/mol. The van der Waals surface area contributed by atoms with Gasteiger partial charge < -0.3 is 14.8 Å². The molecule has 0 aliphatic heterocycles. The summed E-state index contributed by atoms with van der Waals surface area (Å²) in [5.41, 5.74) is 3.02. The molecule has 0 aliphatic rings. The fourth-order valence-electron chi connectivity index (χ4n) is 2.05. The Morgan fingerprint density at radius 1 is 1.40 bits per heavy atom. The van der Waals surface area contributed by atoms with Crippen LogP contribution in [-0.4, -0.2) is 34.4 Å². The Hall–Kier alpha value is -2.31. The number of hydrogen-bond acceptors (Lipinski definition) is 7. The van der Waals surface area contributed by atoms with Gasteiger partial charge in [0.25, 0.3) is 0 Å². The van der Waals surface area contributed by atoms with Crippen LogP contribution in [0.5, 0.6) is 0 Å². The largest absolute Gasteiger partial charge is 0.447 e. The molecule has 3 N–H and O–H groups in total. The van der Waals surface area contributed by atoms with E-state index in [-0.39, 0.29) is 35.9 Å². The van der Waals surface area contributed by atoms with Gasteiger partial charge in [-0.1, -0.05) is 0 Å². The third-order valence-electron chi connectivity index (χ3n) is 3.11. The number of amides is 1. The summed E-state index contributed by atoms with van der Waals surface area (Å²) in [4.78, 5) is 17.0. The molecule has 8 nitrogen and oxygen atoms in total. The number of anilines is 2. The van der Waals surface area contributed by atoms with Crippen LogP contribution in [0.15, 0.2) is 34.9 Å². The van der Waals surface area contributed by atoms with Crippen LogP contribution in [-0.2, 0) is 4.84 Å². The van der Waals surface area contributed by atoms with Crippen LogP contribution in [0.3, 0.4) is 0 Å². The zero-order valence-corrected chi connectivity index (χ0v) is 14.8. The molecule has 0 radical (unpaired) electrons. The zero-order chi connectivity index (χ0) is 17.8. The number of furan rings is 1. The Kier molecular flexibility index (Phi) is 5.40. The van der Waals surface area contributed by atoms with Crippen molar-refractivity contribution in [3.8, 4) is 0 Å². The highest BCUT2D eigenvalue weighted by Gasteiger charge is 2.23. The van der Waals surface area contributed by atoms with E-state index in [2.05, 4.69) is 21.0 Å². The summed E-state index contributed by atoms with van der Waals surface area (Å²) in [5, 5.41) is 19.2. The van der Waals surface area contributed by atoms with E-state index in [1.54, 1.807) is 6.07 Å². The first kappa shape index (κ1) is 17.5. The quantitative estimate of drug-likeness (QED) is 0.296. The molecule has 0 aliphatic carbocycles. The lowest BCUT2D eigenvalue weighted by Crippen LogP contribution is -2.25. The molecule has 0 atom stereocenters. The van der Waals surface area contributed by atoms with Crippen molar-refractivity contribution < 1.29 is 23.5 Å². The van der Waals surface area contributed by atoms with E-state index in [1.807, 2.05) is 22.6 Å². The number of nitrogens with one attached hydrogen (secondary N) is 2. The SMILES string of the molecule is O=C(NOCCO)c1oc2ccnnc2c1Nc1ccc(I)cc1F. The summed E-state index contributed by atoms with van der Waals surface area (Å²) in [7, 11) is 0. The van der Waals surface area contributed by atoms with Crippen molar-refractivity contribution in [3.63, 3.8) is 0 Å². The molecule has 10 heteroatoms. The van der Waals surface area contributed by atoms with Gasteiger partial charge in [0, 0.05) is 9.64 Å². The number of halogens is 2. The molecule has 0 saturated heterocycles. The number of carbonyl (C=O) groups is 1. The maximum absolute atomic E-state index is 14.1. The fraction of sp³-hybridized carbons (Fsp3) is 0.133. The molecule has 0 bridgehead atoms. The highest BCUT2D eigenvalue weighted by atomic mass is 127. The van der Waals surface area contributed by atoms with Crippen molar-refractivity contribution >= 4 is 51.0 Å². The van der Waals surface area contributed by atoms with Crippen molar-refractivity contribution in [1.82, 2.24) is 15.7 Å². The van der Waals surface area contributed by atoms with Gasteiger partial charge in [0.15, 0.2) is 11.1 Å². The molecule has 3 aromatic rings. The molecule has 3 rings (SSSR count). The lowest BCUT2D eigenvalue weighted by atomic mass is 10.2. The first-order valence-electron chi connectivity index (χ1n) is 7.09. The maximum atomic E-state index is 14.1. The first-order valence-corrected chi connectivity index (χ1v) is 8.17. The highest BCUT2D eigenvalue weighted by Crippen LogP contribution is 2.32.